The average Bonchev–Trinajstić information content (AvgIpc) is 2.80. The number of nitrogen functional groups attached to an aromatic ring is 1. The van der Waals surface area contributed by atoms with E-state index in [-0.39, 0.29) is 11.9 Å². The van der Waals surface area contributed by atoms with E-state index in [4.69, 9.17) is 20.4 Å². The maximum absolute atomic E-state index is 11.9. The lowest BCUT2D eigenvalue weighted by Gasteiger charge is -2.23. The van der Waals surface area contributed by atoms with Gasteiger partial charge in [-0.3, -0.25) is 14.4 Å². The fourth-order valence-corrected chi connectivity index (χ4v) is 2.96. The van der Waals surface area contributed by atoms with Gasteiger partial charge in [-0.1, -0.05) is 29.4 Å². The number of amides is 1. The van der Waals surface area contributed by atoms with Gasteiger partial charge in [-0.25, -0.2) is 0 Å². The molecule has 0 aliphatic heterocycles. The molecule has 0 atom stereocenters. The van der Waals surface area contributed by atoms with Gasteiger partial charge in [0.25, 0.3) is 5.91 Å². The van der Waals surface area contributed by atoms with E-state index in [0.717, 1.165) is 17.3 Å². The molecular formula is C26H35N3O6. The van der Waals surface area contributed by atoms with Crippen LogP contribution in [-0.2, 0) is 34.7 Å². The number of oxime groups is 1. The van der Waals surface area contributed by atoms with Crippen molar-refractivity contribution in [2.45, 2.75) is 52.4 Å². The zero-order valence-electron chi connectivity index (χ0n) is 21.1. The second-order valence-electron chi connectivity index (χ2n) is 8.62. The van der Waals surface area contributed by atoms with Crippen LogP contribution in [0.1, 0.15) is 52.7 Å². The zero-order chi connectivity index (χ0) is 26.6. The number of carbonyl (C=O) groups is 3. The van der Waals surface area contributed by atoms with Crippen molar-refractivity contribution in [2.24, 2.45) is 5.16 Å². The van der Waals surface area contributed by atoms with E-state index in [1.54, 1.807) is 64.1 Å². The lowest BCUT2D eigenvalue weighted by molar-refractivity contribution is -0.149. The third kappa shape index (κ3) is 8.44. The molecule has 0 fully saturated rings. The molecule has 1 amide bonds. The summed E-state index contributed by atoms with van der Waals surface area (Å²) >= 11 is 0. The molecule has 0 unspecified atom stereocenters. The van der Waals surface area contributed by atoms with Gasteiger partial charge in [-0.2, -0.15) is 0 Å². The number of benzene rings is 2. The van der Waals surface area contributed by atoms with E-state index in [2.05, 4.69) is 10.5 Å². The van der Waals surface area contributed by atoms with Gasteiger partial charge in [0.1, 0.15) is 6.21 Å². The van der Waals surface area contributed by atoms with Crippen molar-refractivity contribution in [2.75, 3.05) is 24.3 Å². The number of nitrogens with two attached hydrogens (primary N) is 1. The maximum atomic E-state index is 11.9. The average molecular weight is 486 g/mol. The van der Waals surface area contributed by atoms with E-state index in [1.165, 1.54) is 0 Å². The lowest BCUT2D eigenvalue weighted by Crippen LogP contribution is -2.31. The summed E-state index contributed by atoms with van der Waals surface area (Å²) in [6, 6.07) is 14.1. The van der Waals surface area contributed by atoms with Gasteiger partial charge >= 0.3 is 11.9 Å². The second-order valence-corrected chi connectivity index (χ2v) is 8.62. The number of nitrogens with one attached hydrogen (secondary N) is 1. The standard InChI is InChI=1S/C14H18N2O4.C12H17NO2/c1-4-20-13(18)14(2,3)10-5-7-11(8-6-10)16-12(17)9-15-19;1-4-15-11(14)12(2,3)9-5-7-10(13)8-6-9/h5-9,19H,4H2,1-3H3,(H,16,17);5-8H,4,13H2,1-3H3/b15-9+;. The van der Waals surface area contributed by atoms with Gasteiger partial charge in [-0.05, 0) is 76.9 Å². The number of hydrogen-bond donors (Lipinski definition) is 3. The highest BCUT2D eigenvalue weighted by molar-refractivity contribution is 6.31. The number of hydrogen-bond acceptors (Lipinski definition) is 8. The van der Waals surface area contributed by atoms with Crippen molar-refractivity contribution < 1.29 is 29.1 Å². The first kappa shape index (κ1) is 29.2. The summed E-state index contributed by atoms with van der Waals surface area (Å²) in [5.74, 6) is -1.05. The molecule has 35 heavy (non-hydrogen) atoms. The number of anilines is 2. The molecule has 0 aliphatic rings. The highest BCUT2D eigenvalue weighted by Crippen LogP contribution is 2.26. The Morgan fingerprint density at radius 1 is 0.857 bits per heavy atom. The third-order valence-corrected chi connectivity index (χ3v) is 5.25. The van der Waals surface area contributed by atoms with Crippen LogP contribution in [0.2, 0.25) is 0 Å². The van der Waals surface area contributed by atoms with Crippen LogP contribution in [0.3, 0.4) is 0 Å². The van der Waals surface area contributed by atoms with E-state index in [0.29, 0.717) is 24.6 Å². The van der Waals surface area contributed by atoms with Crippen LogP contribution in [0.25, 0.3) is 0 Å². The molecule has 9 nitrogen and oxygen atoms in total. The molecule has 0 spiro atoms. The van der Waals surface area contributed by atoms with Gasteiger partial charge in [0.05, 0.1) is 24.0 Å². The van der Waals surface area contributed by atoms with Crippen LogP contribution < -0.4 is 11.1 Å². The van der Waals surface area contributed by atoms with E-state index >= 15 is 0 Å². The Bertz CT molecular complexity index is 1010. The molecule has 190 valence electrons. The summed E-state index contributed by atoms with van der Waals surface area (Å²) in [7, 11) is 0. The monoisotopic (exact) mass is 485 g/mol. The molecular weight excluding hydrogens is 450 g/mol. The van der Waals surface area contributed by atoms with Crippen molar-refractivity contribution in [3.8, 4) is 0 Å². The van der Waals surface area contributed by atoms with Gasteiger partial charge in [-0.15, -0.1) is 0 Å². The Morgan fingerprint density at radius 2 is 1.26 bits per heavy atom. The Labute approximate surface area is 206 Å². The first-order chi connectivity index (χ1) is 16.4. The fraction of sp³-hybridized carbons (Fsp3) is 0.385. The normalized spacial score (nSPS) is 11.3. The van der Waals surface area contributed by atoms with Gasteiger partial charge in [0.2, 0.25) is 0 Å². The van der Waals surface area contributed by atoms with Crippen LogP contribution >= 0.6 is 0 Å². The molecule has 2 aromatic carbocycles. The summed E-state index contributed by atoms with van der Waals surface area (Å²) < 4.78 is 10.1. The van der Waals surface area contributed by atoms with Crippen LogP contribution in [0.15, 0.2) is 53.7 Å². The van der Waals surface area contributed by atoms with Crippen molar-refractivity contribution in [3.63, 3.8) is 0 Å². The molecule has 9 heteroatoms. The number of carbonyl (C=O) groups excluding carboxylic acids is 3. The highest BCUT2D eigenvalue weighted by atomic mass is 16.5. The molecule has 2 rings (SSSR count). The Kier molecular flexibility index (Phi) is 10.9. The number of ether oxygens (including phenoxy) is 2. The minimum Gasteiger partial charge on any atom is -0.465 e. The molecule has 2 aromatic rings. The highest BCUT2D eigenvalue weighted by Gasteiger charge is 2.32. The molecule has 0 radical (unpaired) electrons. The van der Waals surface area contributed by atoms with E-state index in [1.807, 2.05) is 26.0 Å². The molecule has 0 aliphatic carbocycles. The van der Waals surface area contributed by atoms with Gasteiger partial charge < -0.3 is 25.7 Å². The summed E-state index contributed by atoms with van der Waals surface area (Å²) in [6.07, 6.45) is 0.760. The van der Waals surface area contributed by atoms with Crippen molar-refractivity contribution >= 4 is 35.4 Å². The molecule has 0 saturated carbocycles. The minimum absolute atomic E-state index is 0.213. The molecule has 0 aromatic heterocycles. The number of rotatable bonds is 8. The quantitative estimate of drug-likeness (QED) is 0.168. The van der Waals surface area contributed by atoms with Crippen LogP contribution in [0, 0.1) is 0 Å². The third-order valence-electron chi connectivity index (χ3n) is 5.25. The lowest BCUT2D eigenvalue weighted by atomic mass is 9.84. The maximum Gasteiger partial charge on any atom is 0.315 e. The SMILES string of the molecule is CCOC(=O)C(C)(C)c1ccc(N)cc1.CCOC(=O)C(C)(C)c1ccc(NC(=O)/C=N/O)cc1. The largest absolute Gasteiger partial charge is 0.465 e. The zero-order valence-corrected chi connectivity index (χ0v) is 21.1. The molecule has 0 heterocycles. The molecule has 0 bridgehead atoms. The van der Waals surface area contributed by atoms with E-state index in [9.17, 15) is 14.4 Å². The minimum atomic E-state index is -0.759. The first-order valence-corrected chi connectivity index (χ1v) is 11.2. The Morgan fingerprint density at radius 3 is 1.63 bits per heavy atom. The van der Waals surface area contributed by atoms with Gasteiger partial charge in [0.15, 0.2) is 0 Å². The van der Waals surface area contributed by atoms with Crippen molar-refractivity contribution in [1.29, 1.82) is 0 Å². The summed E-state index contributed by atoms with van der Waals surface area (Å²) in [5, 5.41) is 13.4. The predicted octanol–water partition coefficient (Wildman–Crippen LogP) is 4.04. The van der Waals surface area contributed by atoms with Crippen molar-refractivity contribution in [3.05, 3.63) is 59.7 Å². The number of nitrogens with zero attached hydrogens (tertiary/aromatic N) is 1. The first-order valence-electron chi connectivity index (χ1n) is 11.2. The predicted molar refractivity (Wildman–Crippen MR) is 136 cm³/mol. The van der Waals surface area contributed by atoms with Crippen molar-refractivity contribution in [1.82, 2.24) is 0 Å². The van der Waals surface area contributed by atoms with Gasteiger partial charge in [0, 0.05) is 11.4 Å². The number of esters is 2. The molecule has 0 saturated heterocycles. The van der Waals surface area contributed by atoms with Crippen LogP contribution in [0.5, 0.6) is 0 Å². The topological polar surface area (TPSA) is 140 Å². The summed E-state index contributed by atoms with van der Waals surface area (Å²) in [5.41, 5.74) is 7.14. The van der Waals surface area contributed by atoms with Crippen LogP contribution in [0.4, 0.5) is 11.4 Å². The Hall–Kier alpha value is -3.88. The second kappa shape index (κ2) is 13.1. The van der Waals surface area contributed by atoms with E-state index < -0.39 is 16.7 Å². The van der Waals surface area contributed by atoms with Crippen LogP contribution in [-0.4, -0.2) is 42.5 Å². The fourth-order valence-electron chi connectivity index (χ4n) is 2.96. The summed E-state index contributed by atoms with van der Waals surface area (Å²) in [6.45, 7) is 11.5. The Balaban J connectivity index is 0.000000365. The summed E-state index contributed by atoms with van der Waals surface area (Å²) in [4.78, 5) is 34.8. The molecule has 4 N–H and O–H groups in total. The smallest absolute Gasteiger partial charge is 0.315 e.